The van der Waals surface area contributed by atoms with Crippen LogP contribution in [0.2, 0.25) is 0 Å². The lowest BCUT2D eigenvalue weighted by Crippen LogP contribution is -2.72. The van der Waals surface area contributed by atoms with Gasteiger partial charge in [-0.05, 0) is 13.8 Å². The van der Waals surface area contributed by atoms with Crippen molar-refractivity contribution in [2.24, 2.45) is 0 Å². The Morgan fingerprint density at radius 1 is 0.188 bits per heavy atom. The van der Waals surface area contributed by atoms with Gasteiger partial charge in [0.15, 0.2) is 75.5 Å². The largest absolute Gasteiger partial charge is 0.394 e. The quantitative estimate of drug-likeness (QED) is 0.0273. The number of aliphatic hydroxyl groups is 30. The molecule has 0 unspecified atom stereocenters. The van der Waals surface area contributed by atoms with Crippen molar-refractivity contribution in [1.82, 2.24) is 31.9 Å². The Hall–Kier alpha value is -5.30. The van der Waals surface area contributed by atoms with Crippen molar-refractivity contribution in [3.05, 3.63) is 0 Å². The summed E-state index contributed by atoms with van der Waals surface area (Å²) in [6, 6.07) is -12.1. The van der Waals surface area contributed by atoms with E-state index in [1.807, 2.05) is 0 Å². The Kier molecular flexibility index (Phi) is 43.8. The maximum Gasteiger partial charge on any atom is 0.217 e. The predicted octanol–water partition coefficient (Wildman–Crippen LogP) is -24.2. The van der Waals surface area contributed by atoms with Crippen LogP contribution >= 0.6 is 0 Å². The van der Waals surface area contributed by atoms with E-state index >= 15 is 0 Å². The van der Waals surface area contributed by atoms with Gasteiger partial charge in [-0.3, -0.25) is 28.8 Å². The fraction of sp³-hybridized carbons (Fsp3) is 0.929. The Morgan fingerprint density at radius 3 is 0.812 bits per heavy atom. The molecule has 0 aliphatic carbocycles. The van der Waals surface area contributed by atoms with Gasteiger partial charge in [0.2, 0.25) is 35.4 Å². The zero-order chi connectivity index (χ0) is 110. The van der Waals surface area contributed by atoms with Crippen LogP contribution < -0.4 is 31.9 Å². The van der Waals surface area contributed by atoms with E-state index in [-0.39, 0.29) is 0 Å². The minimum absolute atomic E-state index is 0.840. The van der Waals surface area contributed by atoms with E-state index in [4.69, 9.17) is 109 Å². The number of carbonyl (C=O) groups excluding carboxylic acids is 6. The summed E-state index contributed by atoms with van der Waals surface area (Å²) in [4.78, 5) is 78.8. The number of hydrogen-bond donors (Lipinski definition) is 36. The molecule has 0 radical (unpaired) electrons. The van der Waals surface area contributed by atoms with E-state index < -0.39 is 470 Å². The highest BCUT2D eigenvalue weighted by Crippen LogP contribution is 2.44. The molecule has 60 atom stereocenters. The molecule has 12 heterocycles. The average molecular weight is 2180 g/mol. The lowest BCUT2D eigenvalue weighted by Gasteiger charge is -2.52. The van der Waals surface area contributed by atoms with Gasteiger partial charge in [0.1, 0.15) is 280 Å². The Labute approximate surface area is 845 Å². The fourth-order valence-electron chi connectivity index (χ4n) is 19.5. The molecule has 65 nitrogen and oxygen atoms in total. The Bertz CT molecular complexity index is 4230. The average Bonchev–Trinajstić information content (AvgIpc) is 0.748. The van der Waals surface area contributed by atoms with Crippen LogP contribution in [0.4, 0.5) is 0 Å². The van der Waals surface area contributed by atoms with E-state index in [2.05, 4.69) is 31.9 Å². The molecule has 0 aromatic carbocycles. The first-order valence-corrected chi connectivity index (χ1v) is 47.9. The first-order valence-electron chi connectivity index (χ1n) is 47.9. The van der Waals surface area contributed by atoms with Crippen LogP contribution in [-0.2, 0) is 138 Å². The summed E-state index contributed by atoms with van der Waals surface area (Å²) >= 11 is 0. The second-order valence-corrected chi connectivity index (χ2v) is 38.1. The summed E-state index contributed by atoms with van der Waals surface area (Å²) in [6.45, 7) is -4.28. The minimum Gasteiger partial charge on any atom is -0.394 e. The molecule has 6 amide bonds. The first kappa shape index (κ1) is 122. The van der Waals surface area contributed by atoms with E-state index in [1.165, 1.54) is 13.8 Å². The molecule has 0 bridgehead atoms. The highest BCUT2D eigenvalue weighted by Gasteiger charge is 2.65. The van der Waals surface area contributed by atoms with Crippen LogP contribution in [0.5, 0.6) is 0 Å². The second-order valence-electron chi connectivity index (χ2n) is 38.1. The second kappa shape index (κ2) is 53.4. The Morgan fingerprint density at radius 2 is 0.423 bits per heavy atom. The van der Waals surface area contributed by atoms with Gasteiger partial charge in [0.25, 0.3) is 0 Å². The molecule has 149 heavy (non-hydrogen) atoms. The van der Waals surface area contributed by atoms with Crippen LogP contribution in [0.1, 0.15) is 55.4 Å². The topological polar surface area (TPSA) is 994 Å². The summed E-state index contributed by atoms with van der Waals surface area (Å²) < 4.78 is 142. The van der Waals surface area contributed by atoms with E-state index in [9.17, 15) is 182 Å². The molecule has 0 spiro atoms. The predicted molar refractivity (Wildman–Crippen MR) is 462 cm³/mol. The van der Waals surface area contributed by atoms with Crippen molar-refractivity contribution in [1.29, 1.82) is 0 Å². The summed E-state index contributed by atoms with van der Waals surface area (Å²) in [5.41, 5.74) is 0. The number of nitrogens with one attached hydrogen (secondary N) is 6. The minimum atomic E-state index is -2.87. The normalized spacial score (nSPS) is 49.0. The number of aliphatic hydroxyl groups excluding tert-OH is 30. The lowest BCUT2D eigenvalue weighted by atomic mass is 9.93. The van der Waals surface area contributed by atoms with Gasteiger partial charge >= 0.3 is 0 Å². The van der Waals surface area contributed by atoms with Crippen LogP contribution in [0.25, 0.3) is 0 Å². The smallest absolute Gasteiger partial charge is 0.217 e. The highest BCUT2D eigenvalue weighted by molar-refractivity contribution is 5.75. The molecular formula is C84H140N6O59. The molecule has 65 heteroatoms. The number of hydrogen-bond acceptors (Lipinski definition) is 59. The zero-order valence-corrected chi connectivity index (χ0v) is 81.0. The lowest BCUT2D eigenvalue weighted by molar-refractivity contribution is -0.412. The molecule has 0 aromatic heterocycles. The summed E-state index contributed by atoms with van der Waals surface area (Å²) in [5, 5.41) is 358. The van der Waals surface area contributed by atoms with Gasteiger partial charge in [-0.1, -0.05) is 0 Å². The molecular weight excluding hydrogens is 2040 g/mol. The maximum absolute atomic E-state index is 13.8. The third kappa shape index (κ3) is 27.5. The Balaban J connectivity index is 0.957. The number of carbonyl (C=O) groups is 6. The molecule has 12 aliphatic rings. The number of rotatable bonds is 38. The van der Waals surface area contributed by atoms with Gasteiger partial charge in [-0.2, -0.15) is 0 Å². The van der Waals surface area contributed by atoms with Crippen molar-refractivity contribution >= 4 is 35.4 Å². The third-order valence-corrected chi connectivity index (χ3v) is 27.4. The van der Waals surface area contributed by atoms with Gasteiger partial charge in [-0.15, -0.1) is 0 Å². The standard InChI is InChI=1S/C84H140N6O59/c1-19-43(105)57(119)61(123)79(129-19)127-17-35-66(54(116)37(73(126)131-35)85-21(3)99)141-77-41(89-25(7)103)55(117)64(33(15-97)138-77)142-81-63(125)69(67(144-74-38(86-22(4)100)51(113)45(107)27(9-91)132-74)36(140-81)18-128-82-70(59(121)48(110)30(12-94)135-82)147-76-40(88-24(6)102)53(115)47(109)29(11-93)134-76)146-83-71(60(122)49(111)31(13-95)136-83)148-78-42(90-26(8)104)56(118)65(34(16-98)139-78)143-84-72(149-80-62(124)58(120)44(106)20(2)130-80)68(50(112)32(14-96)137-84)145-75-39(87-23(5)101)52(114)46(108)28(10-92)133-75/h19-20,27-84,91-98,105-126H,9-18H2,1-8H3,(H,85,99)(H,86,100)(H,87,101)(H,88,102)(H,89,103)(H,90,104)/t19-,20-,27+,28+,29+,30+,31+,32+,33+,34+,35+,36+,37+,38-,39+,40+,41+,42+,43+,44+,45+,46-,47+,48+,49+,50-,51+,52+,53+,54+,55+,56+,57+,58+,59-,60-,61-,62-,63-,64+,65+,66+,67+,68-,69+,70-,71-,72+,73+,74-,75+,76-,77-,78-,79+,80-,81-,82-,83+,84-/m0/s1. The zero-order valence-electron chi connectivity index (χ0n) is 81.0. The highest BCUT2D eigenvalue weighted by atomic mass is 16.8. The van der Waals surface area contributed by atoms with Crippen LogP contribution in [-0.4, -0.2) is 623 Å². The monoisotopic (exact) mass is 2180 g/mol. The molecule has 12 fully saturated rings. The molecule has 0 saturated carbocycles. The molecule has 12 rings (SSSR count). The molecule has 0 aromatic rings. The van der Waals surface area contributed by atoms with Crippen LogP contribution in [0.3, 0.4) is 0 Å². The number of ether oxygens (including phenoxy) is 23. The summed E-state index contributed by atoms with van der Waals surface area (Å²) in [6.07, 6.45) is -118. The van der Waals surface area contributed by atoms with E-state index in [1.54, 1.807) is 0 Å². The van der Waals surface area contributed by atoms with Crippen molar-refractivity contribution < 1.29 is 291 Å². The third-order valence-electron chi connectivity index (χ3n) is 27.4. The van der Waals surface area contributed by atoms with Crippen molar-refractivity contribution in [2.45, 2.75) is 423 Å². The molecule has 12 saturated heterocycles. The van der Waals surface area contributed by atoms with E-state index in [0.717, 1.165) is 41.5 Å². The van der Waals surface area contributed by atoms with Crippen molar-refractivity contribution in [3.8, 4) is 0 Å². The molecule has 12 aliphatic heterocycles. The van der Waals surface area contributed by atoms with Gasteiger partial charge in [0, 0.05) is 41.5 Å². The van der Waals surface area contributed by atoms with Crippen molar-refractivity contribution in [2.75, 3.05) is 66.1 Å². The number of amides is 6. The first-order chi connectivity index (χ1) is 70.4. The van der Waals surface area contributed by atoms with Gasteiger partial charge < -0.3 is 294 Å². The SMILES string of the molecule is CC(=O)N[C@@H]1[C@H](O[C@H]2[C@H](O[C@H]3O[C@H](CO)[C@@H](O)[C@H](O)[C@@H]3O[C@@H]3O[C@H](CO)[C@@H](O[C@@H]4O[C@H](CO)[C@H](O)[C@H](O[C@H]5O[C@H](CO)[C@H](O)[C@H](O)[C@H]5NC(C)=O)[C@H]4O[C@@H]4O[C@@H](C)[C@@H](O)[C@@H](O)[C@@H]4O)[C@H](O)[C@H]3NC(C)=O)[C@H](O)[C@H](O[C@H]3[C@H](O)[C@@H](NC(C)=O)[C@H](O[C@H]4[C@H](O)[C@@H](NC(C)=O)[C@H](O)O[C@@H]4CO[C@@H]4O[C@@H](C)[C@@H](O)[C@@H](O)[C@@H]4O)O[C@@H]3CO)O[C@@H]2CO[C@H]2O[C@H](CO)[C@@H](O)[C@H](O)[C@@H]2O[C@@H]2O[C@H](CO)[C@@H](O)[C@H](O)[C@H]2NC(C)=O)O[C@H](CO)[C@@H](O)[C@@H]1O. The van der Waals surface area contributed by atoms with Gasteiger partial charge in [0.05, 0.1) is 78.3 Å². The maximum atomic E-state index is 13.8. The van der Waals surface area contributed by atoms with Crippen LogP contribution in [0, 0.1) is 0 Å². The summed E-state index contributed by atoms with van der Waals surface area (Å²) in [7, 11) is 0. The molecule has 860 valence electrons. The summed E-state index contributed by atoms with van der Waals surface area (Å²) in [5.74, 6) is -5.96. The van der Waals surface area contributed by atoms with E-state index in [0.29, 0.717) is 0 Å². The van der Waals surface area contributed by atoms with Crippen molar-refractivity contribution in [3.63, 3.8) is 0 Å². The van der Waals surface area contributed by atoms with Gasteiger partial charge in [-0.25, -0.2) is 0 Å². The fourth-order valence-corrected chi connectivity index (χ4v) is 19.5. The van der Waals surface area contributed by atoms with Crippen LogP contribution in [0.15, 0.2) is 0 Å². The molecule has 36 N–H and O–H groups in total.